The van der Waals surface area contributed by atoms with Crippen LogP contribution in [0.4, 0.5) is 33.7 Å². The molecule has 0 spiro atoms. The third kappa shape index (κ3) is 4.57. The lowest BCUT2D eigenvalue weighted by Crippen LogP contribution is -2.35. The lowest BCUT2D eigenvalue weighted by Gasteiger charge is -2.09. The normalized spacial score (nSPS) is 13.8. The van der Waals surface area contributed by atoms with Crippen molar-refractivity contribution in [3.05, 3.63) is 48.0 Å². The summed E-state index contributed by atoms with van der Waals surface area (Å²) in [6.45, 7) is -0.479. The number of anilines is 2. The second-order valence-electron chi connectivity index (χ2n) is 5.31. The van der Waals surface area contributed by atoms with E-state index in [1.54, 1.807) is 0 Å². The van der Waals surface area contributed by atoms with Gasteiger partial charge in [-0.15, -0.1) is 8.78 Å². The molecule has 2 aromatic rings. The van der Waals surface area contributed by atoms with Crippen LogP contribution in [-0.2, 0) is 4.79 Å². The van der Waals surface area contributed by atoms with E-state index < -0.39 is 36.4 Å². The van der Waals surface area contributed by atoms with Crippen LogP contribution in [0.3, 0.4) is 0 Å². The van der Waals surface area contributed by atoms with Gasteiger partial charge < -0.3 is 25.4 Å². The molecule has 0 saturated heterocycles. The zero-order valence-electron chi connectivity index (χ0n) is 13.3. The van der Waals surface area contributed by atoms with E-state index >= 15 is 0 Å². The van der Waals surface area contributed by atoms with Crippen LogP contribution in [0.1, 0.15) is 0 Å². The molecule has 0 saturated carbocycles. The number of halogens is 4. The molecule has 3 amide bonds. The van der Waals surface area contributed by atoms with Gasteiger partial charge in [0.2, 0.25) is 5.91 Å². The standard InChI is InChI=1S/C16H11F4N3O4/c17-10-3-1-8(5-11(10)18)22-14(24)7-21-15(25)23-9-2-4-12-13(6-9)27-16(19,20)26-12/h1-6H,7H2,(H,22,24)(H2,21,23,25). The summed E-state index contributed by atoms with van der Waals surface area (Å²) in [4.78, 5) is 23.5. The molecule has 142 valence electrons. The molecule has 0 atom stereocenters. The van der Waals surface area contributed by atoms with Gasteiger partial charge in [-0.05, 0) is 24.3 Å². The number of ether oxygens (including phenoxy) is 2. The van der Waals surface area contributed by atoms with Crippen molar-refractivity contribution in [2.75, 3.05) is 17.2 Å². The molecule has 0 aromatic heterocycles. The molecule has 0 bridgehead atoms. The lowest BCUT2D eigenvalue weighted by atomic mass is 10.3. The zero-order valence-corrected chi connectivity index (χ0v) is 13.3. The molecule has 27 heavy (non-hydrogen) atoms. The molecule has 3 rings (SSSR count). The fourth-order valence-electron chi connectivity index (χ4n) is 2.14. The predicted molar refractivity (Wildman–Crippen MR) is 84.7 cm³/mol. The monoisotopic (exact) mass is 385 g/mol. The Labute approximate surface area is 149 Å². The molecule has 0 unspecified atom stereocenters. The van der Waals surface area contributed by atoms with E-state index in [1.165, 1.54) is 12.1 Å². The maximum absolute atomic E-state index is 13.1. The first-order valence-electron chi connectivity index (χ1n) is 7.41. The Kier molecular flexibility index (Phi) is 4.75. The Bertz CT molecular complexity index is 907. The quantitative estimate of drug-likeness (QED) is 0.706. The molecule has 1 aliphatic heterocycles. The van der Waals surface area contributed by atoms with Crippen molar-refractivity contribution >= 4 is 23.3 Å². The van der Waals surface area contributed by atoms with E-state index in [4.69, 9.17) is 0 Å². The minimum Gasteiger partial charge on any atom is -0.395 e. The lowest BCUT2D eigenvalue weighted by molar-refractivity contribution is -0.286. The Balaban J connectivity index is 1.50. The third-order valence-electron chi connectivity index (χ3n) is 3.27. The minimum absolute atomic E-state index is 0.0119. The van der Waals surface area contributed by atoms with Gasteiger partial charge in [-0.25, -0.2) is 13.6 Å². The molecule has 1 aliphatic rings. The van der Waals surface area contributed by atoms with Gasteiger partial charge in [-0.2, -0.15) is 0 Å². The Morgan fingerprint density at radius 3 is 2.30 bits per heavy atom. The van der Waals surface area contributed by atoms with E-state index in [0.717, 1.165) is 24.3 Å². The van der Waals surface area contributed by atoms with Crippen LogP contribution >= 0.6 is 0 Å². The summed E-state index contributed by atoms with van der Waals surface area (Å²) >= 11 is 0. The van der Waals surface area contributed by atoms with Gasteiger partial charge in [0.25, 0.3) is 0 Å². The van der Waals surface area contributed by atoms with Crippen molar-refractivity contribution in [1.29, 1.82) is 0 Å². The van der Waals surface area contributed by atoms with Gasteiger partial charge >= 0.3 is 12.3 Å². The van der Waals surface area contributed by atoms with E-state index in [2.05, 4.69) is 25.4 Å². The molecule has 7 nitrogen and oxygen atoms in total. The summed E-state index contributed by atoms with van der Waals surface area (Å²) in [5.41, 5.74) is 0.131. The minimum atomic E-state index is -3.78. The molecule has 0 radical (unpaired) electrons. The van der Waals surface area contributed by atoms with Gasteiger partial charge in [0, 0.05) is 23.5 Å². The fourth-order valence-corrected chi connectivity index (χ4v) is 2.14. The maximum atomic E-state index is 13.1. The van der Waals surface area contributed by atoms with Gasteiger partial charge in [0.1, 0.15) is 0 Å². The maximum Gasteiger partial charge on any atom is 0.586 e. The molecule has 1 heterocycles. The van der Waals surface area contributed by atoms with Crippen LogP contribution in [-0.4, -0.2) is 24.8 Å². The largest absolute Gasteiger partial charge is 0.586 e. The molecular weight excluding hydrogens is 374 g/mol. The van der Waals surface area contributed by atoms with Gasteiger partial charge in [-0.3, -0.25) is 4.79 Å². The number of carbonyl (C=O) groups is 2. The second-order valence-corrected chi connectivity index (χ2v) is 5.31. The number of benzene rings is 2. The average Bonchev–Trinajstić information content (AvgIpc) is 2.89. The van der Waals surface area contributed by atoms with Crippen molar-refractivity contribution in [2.45, 2.75) is 6.29 Å². The second kappa shape index (κ2) is 7.02. The Morgan fingerprint density at radius 1 is 0.889 bits per heavy atom. The topological polar surface area (TPSA) is 88.7 Å². The molecule has 0 fully saturated rings. The van der Waals surface area contributed by atoms with E-state index in [1.807, 2.05) is 0 Å². The third-order valence-corrected chi connectivity index (χ3v) is 3.27. The number of alkyl halides is 2. The van der Waals surface area contributed by atoms with Crippen molar-refractivity contribution in [3.8, 4) is 11.5 Å². The highest BCUT2D eigenvalue weighted by Gasteiger charge is 2.43. The number of amides is 3. The van der Waals surface area contributed by atoms with Crippen LogP contribution in [0, 0.1) is 11.6 Å². The van der Waals surface area contributed by atoms with Crippen LogP contribution < -0.4 is 25.4 Å². The van der Waals surface area contributed by atoms with Crippen molar-refractivity contribution in [2.24, 2.45) is 0 Å². The first kappa shape index (κ1) is 18.3. The Morgan fingerprint density at radius 2 is 1.56 bits per heavy atom. The molecule has 0 aliphatic carbocycles. The number of carbonyl (C=O) groups excluding carboxylic acids is 2. The fraction of sp³-hybridized carbons (Fsp3) is 0.125. The van der Waals surface area contributed by atoms with Crippen LogP contribution in [0.15, 0.2) is 36.4 Å². The SMILES string of the molecule is O=C(CNC(=O)Nc1ccc2c(c1)OC(F)(F)O2)Nc1ccc(F)c(F)c1. The summed E-state index contributed by atoms with van der Waals surface area (Å²) in [6, 6.07) is 5.58. The van der Waals surface area contributed by atoms with E-state index in [0.29, 0.717) is 0 Å². The summed E-state index contributed by atoms with van der Waals surface area (Å²) in [5, 5.41) is 6.79. The number of fused-ring (bicyclic) bond motifs is 1. The van der Waals surface area contributed by atoms with E-state index in [-0.39, 0.29) is 22.9 Å². The molecule has 2 aromatic carbocycles. The highest BCUT2D eigenvalue weighted by Crippen LogP contribution is 2.42. The smallest absolute Gasteiger partial charge is 0.395 e. The summed E-state index contributed by atoms with van der Waals surface area (Å²) in [6.07, 6.45) is -3.78. The number of hydrogen-bond donors (Lipinski definition) is 3. The highest BCUT2D eigenvalue weighted by atomic mass is 19.3. The molecule has 3 N–H and O–H groups in total. The van der Waals surface area contributed by atoms with E-state index in [9.17, 15) is 27.2 Å². The average molecular weight is 385 g/mol. The number of urea groups is 1. The van der Waals surface area contributed by atoms with Crippen molar-refractivity contribution in [1.82, 2.24) is 5.32 Å². The van der Waals surface area contributed by atoms with Gasteiger partial charge in [0.05, 0.1) is 6.54 Å². The molecular formula is C16H11F4N3O4. The predicted octanol–water partition coefficient (Wildman–Crippen LogP) is 3.05. The van der Waals surface area contributed by atoms with Crippen LogP contribution in [0.5, 0.6) is 11.5 Å². The van der Waals surface area contributed by atoms with Gasteiger partial charge in [0.15, 0.2) is 23.1 Å². The molecule has 11 heteroatoms. The number of hydrogen-bond acceptors (Lipinski definition) is 4. The highest BCUT2D eigenvalue weighted by molar-refractivity contribution is 5.97. The van der Waals surface area contributed by atoms with Crippen LogP contribution in [0.25, 0.3) is 0 Å². The zero-order chi connectivity index (χ0) is 19.6. The first-order chi connectivity index (χ1) is 12.7. The van der Waals surface area contributed by atoms with Crippen LogP contribution in [0.2, 0.25) is 0 Å². The summed E-state index contributed by atoms with van der Waals surface area (Å²) < 4.78 is 60.2. The van der Waals surface area contributed by atoms with Crippen molar-refractivity contribution in [3.63, 3.8) is 0 Å². The first-order valence-corrected chi connectivity index (χ1v) is 7.41. The van der Waals surface area contributed by atoms with Crippen molar-refractivity contribution < 1.29 is 36.6 Å². The number of nitrogens with one attached hydrogen (secondary N) is 3. The van der Waals surface area contributed by atoms with Gasteiger partial charge in [-0.1, -0.05) is 0 Å². The summed E-state index contributed by atoms with van der Waals surface area (Å²) in [7, 11) is 0. The Hall–Kier alpha value is -3.50. The summed E-state index contributed by atoms with van der Waals surface area (Å²) in [5.74, 6) is -3.33. The number of rotatable bonds is 4.